The Bertz CT molecular complexity index is 265. The first-order chi connectivity index (χ1) is 5.70. The predicted octanol–water partition coefficient (Wildman–Crippen LogP) is 0.789. The quantitative estimate of drug-likeness (QED) is 0.760. The summed E-state index contributed by atoms with van der Waals surface area (Å²) in [5.74, 6) is -0.376. The van der Waals surface area contributed by atoms with E-state index in [1.165, 1.54) is 0 Å². The van der Waals surface area contributed by atoms with Crippen molar-refractivity contribution >= 4 is 24.0 Å². The molecule has 72 valence electrons. The number of aromatic nitrogens is 1. The van der Waals surface area contributed by atoms with E-state index in [1.807, 2.05) is 6.07 Å². The van der Waals surface area contributed by atoms with Crippen molar-refractivity contribution in [3.8, 4) is 0 Å². The number of halogens is 1. The Morgan fingerprint density at radius 1 is 1.69 bits per heavy atom. The fraction of sp³-hybridized carbons (Fsp3) is 0.250. The van der Waals surface area contributed by atoms with Crippen LogP contribution >= 0.6 is 12.4 Å². The number of carbonyl (C=O) groups excluding carboxylic acids is 1. The standard InChI is InChI=1S/C8H11N3O.ClH/c1-6(8(9)12)11-7-3-2-4-10-5-7;/h2-6,11H,1H3,(H2,9,12);1H. The highest BCUT2D eigenvalue weighted by atomic mass is 35.5. The lowest BCUT2D eigenvalue weighted by molar-refractivity contribution is -0.118. The number of anilines is 1. The summed E-state index contributed by atoms with van der Waals surface area (Å²) in [5, 5.41) is 2.90. The van der Waals surface area contributed by atoms with Crippen LogP contribution in [0.1, 0.15) is 6.92 Å². The molecule has 1 amide bonds. The van der Waals surface area contributed by atoms with Crippen molar-refractivity contribution < 1.29 is 4.79 Å². The average Bonchev–Trinajstić information content (AvgIpc) is 2.06. The molecule has 4 nitrogen and oxygen atoms in total. The van der Waals surface area contributed by atoms with Crippen LogP contribution in [0.15, 0.2) is 24.5 Å². The molecule has 0 radical (unpaired) electrons. The van der Waals surface area contributed by atoms with Crippen molar-refractivity contribution in [2.24, 2.45) is 5.73 Å². The summed E-state index contributed by atoms with van der Waals surface area (Å²) in [5.41, 5.74) is 5.86. The minimum Gasteiger partial charge on any atom is -0.373 e. The Morgan fingerprint density at radius 2 is 2.38 bits per heavy atom. The van der Waals surface area contributed by atoms with Gasteiger partial charge in [-0.3, -0.25) is 9.78 Å². The number of rotatable bonds is 3. The van der Waals surface area contributed by atoms with Crippen molar-refractivity contribution in [1.29, 1.82) is 0 Å². The van der Waals surface area contributed by atoms with Gasteiger partial charge in [0.1, 0.15) is 6.04 Å². The van der Waals surface area contributed by atoms with Gasteiger partial charge in [0.05, 0.1) is 5.69 Å². The zero-order valence-electron chi connectivity index (χ0n) is 7.23. The van der Waals surface area contributed by atoms with E-state index >= 15 is 0 Å². The van der Waals surface area contributed by atoms with Gasteiger partial charge in [-0.05, 0) is 19.1 Å². The number of nitrogens with one attached hydrogen (secondary N) is 1. The molecule has 5 heteroatoms. The average molecular weight is 202 g/mol. The Hall–Kier alpha value is -1.29. The zero-order valence-corrected chi connectivity index (χ0v) is 8.04. The van der Waals surface area contributed by atoms with E-state index in [4.69, 9.17) is 5.73 Å². The summed E-state index contributed by atoms with van der Waals surface area (Å²) >= 11 is 0. The summed E-state index contributed by atoms with van der Waals surface area (Å²) in [6.07, 6.45) is 3.31. The lowest BCUT2D eigenvalue weighted by Crippen LogP contribution is -2.32. The van der Waals surface area contributed by atoms with Crippen LogP contribution in [-0.4, -0.2) is 16.9 Å². The maximum Gasteiger partial charge on any atom is 0.239 e. The highest BCUT2D eigenvalue weighted by Crippen LogP contribution is 2.03. The predicted molar refractivity (Wildman–Crippen MR) is 53.8 cm³/mol. The van der Waals surface area contributed by atoms with Crippen molar-refractivity contribution in [2.75, 3.05) is 5.32 Å². The van der Waals surface area contributed by atoms with E-state index in [0.717, 1.165) is 5.69 Å². The van der Waals surface area contributed by atoms with Gasteiger partial charge in [-0.15, -0.1) is 12.4 Å². The molecule has 0 aliphatic heterocycles. The molecule has 0 bridgehead atoms. The largest absolute Gasteiger partial charge is 0.373 e. The number of nitrogens with two attached hydrogens (primary N) is 1. The monoisotopic (exact) mass is 201 g/mol. The summed E-state index contributed by atoms with van der Waals surface area (Å²) in [6, 6.07) is 3.25. The van der Waals surface area contributed by atoms with Gasteiger partial charge in [0.2, 0.25) is 5.91 Å². The van der Waals surface area contributed by atoms with Crippen molar-refractivity contribution in [3.05, 3.63) is 24.5 Å². The smallest absolute Gasteiger partial charge is 0.239 e. The molecule has 1 unspecified atom stereocenters. The topological polar surface area (TPSA) is 68.0 Å². The number of hydrogen-bond acceptors (Lipinski definition) is 3. The molecule has 0 saturated carbocycles. The van der Waals surface area contributed by atoms with Crippen LogP contribution in [0.25, 0.3) is 0 Å². The zero-order chi connectivity index (χ0) is 8.97. The van der Waals surface area contributed by atoms with Crippen LogP contribution in [0.2, 0.25) is 0 Å². The first-order valence-electron chi connectivity index (χ1n) is 3.66. The number of carbonyl (C=O) groups is 1. The molecule has 1 atom stereocenters. The molecule has 0 saturated heterocycles. The number of amides is 1. The SMILES string of the molecule is CC(Nc1cccnc1)C(N)=O.Cl. The fourth-order valence-electron chi connectivity index (χ4n) is 0.769. The third-order valence-corrected chi connectivity index (χ3v) is 1.47. The van der Waals surface area contributed by atoms with E-state index in [-0.39, 0.29) is 24.4 Å². The molecular formula is C8H12ClN3O. The fourth-order valence-corrected chi connectivity index (χ4v) is 0.769. The first-order valence-corrected chi connectivity index (χ1v) is 3.66. The minimum atomic E-state index is -0.376. The Kier molecular flexibility index (Phi) is 4.84. The van der Waals surface area contributed by atoms with Crippen LogP contribution in [0.5, 0.6) is 0 Å². The maximum absolute atomic E-state index is 10.6. The Labute approximate surface area is 83.0 Å². The minimum absolute atomic E-state index is 0. The van der Waals surface area contributed by atoms with E-state index in [1.54, 1.807) is 25.4 Å². The highest BCUT2D eigenvalue weighted by Gasteiger charge is 2.06. The number of primary amides is 1. The summed E-state index contributed by atoms with van der Waals surface area (Å²) < 4.78 is 0. The second-order valence-corrected chi connectivity index (χ2v) is 2.51. The molecule has 0 aliphatic carbocycles. The molecule has 13 heavy (non-hydrogen) atoms. The number of nitrogens with zero attached hydrogens (tertiary/aromatic N) is 1. The molecule has 0 spiro atoms. The second-order valence-electron chi connectivity index (χ2n) is 2.51. The number of hydrogen-bond donors (Lipinski definition) is 2. The highest BCUT2D eigenvalue weighted by molar-refractivity contribution is 5.85. The van der Waals surface area contributed by atoms with E-state index in [2.05, 4.69) is 10.3 Å². The molecule has 0 aliphatic rings. The molecule has 1 aromatic heterocycles. The third-order valence-electron chi connectivity index (χ3n) is 1.47. The van der Waals surface area contributed by atoms with Crippen LogP contribution in [0, 0.1) is 0 Å². The van der Waals surface area contributed by atoms with Gasteiger partial charge in [-0.2, -0.15) is 0 Å². The Balaban J connectivity index is 0.00000144. The van der Waals surface area contributed by atoms with Gasteiger partial charge in [0.25, 0.3) is 0 Å². The van der Waals surface area contributed by atoms with Gasteiger partial charge in [0.15, 0.2) is 0 Å². The van der Waals surface area contributed by atoms with Crippen molar-refractivity contribution in [2.45, 2.75) is 13.0 Å². The van der Waals surface area contributed by atoms with Crippen LogP contribution in [-0.2, 0) is 4.79 Å². The first kappa shape index (κ1) is 11.7. The normalized spacial score (nSPS) is 11.2. The maximum atomic E-state index is 10.6. The van der Waals surface area contributed by atoms with Crippen molar-refractivity contribution in [3.63, 3.8) is 0 Å². The Morgan fingerprint density at radius 3 is 2.85 bits per heavy atom. The molecule has 0 fully saturated rings. The summed E-state index contributed by atoms with van der Waals surface area (Å²) in [6.45, 7) is 1.70. The molecule has 3 N–H and O–H groups in total. The van der Waals surface area contributed by atoms with Crippen LogP contribution < -0.4 is 11.1 Å². The summed E-state index contributed by atoms with van der Waals surface area (Å²) in [4.78, 5) is 14.5. The second kappa shape index (κ2) is 5.37. The van der Waals surface area contributed by atoms with Gasteiger partial charge >= 0.3 is 0 Å². The van der Waals surface area contributed by atoms with Gasteiger partial charge in [0, 0.05) is 12.4 Å². The molecule has 1 heterocycles. The molecule has 1 rings (SSSR count). The lowest BCUT2D eigenvalue weighted by atomic mass is 10.3. The summed E-state index contributed by atoms with van der Waals surface area (Å²) in [7, 11) is 0. The molecular weight excluding hydrogens is 190 g/mol. The van der Waals surface area contributed by atoms with Crippen molar-refractivity contribution in [1.82, 2.24) is 4.98 Å². The van der Waals surface area contributed by atoms with Gasteiger partial charge in [-0.25, -0.2) is 0 Å². The van der Waals surface area contributed by atoms with E-state index in [0.29, 0.717) is 0 Å². The lowest BCUT2D eigenvalue weighted by Gasteiger charge is -2.10. The van der Waals surface area contributed by atoms with Crippen LogP contribution in [0.3, 0.4) is 0 Å². The number of pyridine rings is 1. The molecule has 1 aromatic rings. The van der Waals surface area contributed by atoms with Gasteiger partial charge in [-0.1, -0.05) is 0 Å². The third kappa shape index (κ3) is 3.75. The molecule has 0 aromatic carbocycles. The van der Waals surface area contributed by atoms with Gasteiger partial charge < -0.3 is 11.1 Å². The van der Waals surface area contributed by atoms with E-state index < -0.39 is 0 Å². The van der Waals surface area contributed by atoms with Crippen LogP contribution in [0.4, 0.5) is 5.69 Å². The van der Waals surface area contributed by atoms with E-state index in [9.17, 15) is 4.79 Å².